The fraction of sp³-hybridized carbons (Fsp3) is 0. The molecule has 0 fully saturated rings. The molecule has 0 radical (unpaired) electrons. The van der Waals surface area contributed by atoms with Gasteiger partial charge in [0.1, 0.15) is 12.1 Å². The van der Waals surface area contributed by atoms with E-state index >= 15 is 0 Å². The Morgan fingerprint density at radius 3 is 2.93 bits per heavy atom. The monoisotopic (exact) mass is 315 g/mol. The lowest BCUT2D eigenvalue weighted by atomic mass is 10.4. The summed E-state index contributed by atoms with van der Waals surface area (Å²) in [6.07, 6.45) is 3.05. The molecular formula is C8H6IN5O. The van der Waals surface area contributed by atoms with Crippen LogP contribution in [-0.2, 0) is 0 Å². The van der Waals surface area contributed by atoms with Gasteiger partial charge in [0.05, 0.1) is 22.9 Å². The predicted octanol–water partition coefficient (Wildman–Crippen LogP) is 1.12. The molecule has 0 unspecified atom stereocenters. The Hall–Kier alpha value is -1.51. The van der Waals surface area contributed by atoms with E-state index in [-0.39, 0.29) is 11.7 Å². The number of amides is 1. The molecule has 0 saturated carbocycles. The maximum absolute atomic E-state index is 11.6. The second-order valence-corrected chi connectivity index (χ2v) is 3.67. The molecule has 2 rings (SSSR count). The zero-order valence-corrected chi connectivity index (χ0v) is 9.62. The fourth-order valence-corrected chi connectivity index (χ4v) is 1.40. The first-order chi connectivity index (χ1) is 7.27. The van der Waals surface area contributed by atoms with E-state index in [4.69, 9.17) is 0 Å². The highest BCUT2D eigenvalue weighted by molar-refractivity contribution is 14.1. The smallest absolute Gasteiger partial charge is 0.295 e. The zero-order chi connectivity index (χ0) is 10.7. The molecule has 2 aromatic heterocycles. The van der Waals surface area contributed by atoms with E-state index in [9.17, 15) is 4.79 Å². The second kappa shape index (κ2) is 4.34. The van der Waals surface area contributed by atoms with E-state index in [1.807, 2.05) is 22.9 Å². The molecule has 2 heterocycles. The number of rotatable bonds is 2. The summed E-state index contributed by atoms with van der Waals surface area (Å²) in [6.45, 7) is 0. The molecule has 0 aliphatic heterocycles. The molecule has 0 saturated heterocycles. The maximum atomic E-state index is 11.6. The van der Waals surface area contributed by atoms with Crippen LogP contribution in [0.15, 0.2) is 30.7 Å². The number of anilines is 1. The van der Waals surface area contributed by atoms with E-state index in [1.165, 1.54) is 9.11 Å². The summed E-state index contributed by atoms with van der Waals surface area (Å²) in [5, 5.41) is 9.89. The van der Waals surface area contributed by atoms with Crippen LogP contribution < -0.4 is 5.32 Å². The fourth-order valence-electron chi connectivity index (χ4n) is 0.975. The highest BCUT2D eigenvalue weighted by Gasteiger charge is 2.12. The standard InChI is InChI=1S/C8H6IN5O/c9-14-5-11-13-7(14)8(15)12-6-3-1-2-4-10-6/h1-5H,(H,10,12,15). The molecule has 76 valence electrons. The summed E-state index contributed by atoms with van der Waals surface area (Å²) in [5.74, 6) is 0.392. The van der Waals surface area contributed by atoms with E-state index < -0.39 is 0 Å². The van der Waals surface area contributed by atoms with Crippen molar-refractivity contribution in [3.8, 4) is 0 Å². The Balaban J connectivity index is 2.15. The number of nitrogens with zero attached hydrogens (tertiary/aromatic N) is 4. The average molecular weight is 315 g/mol. The van der Waals surface area contributed by atoms with Crippen molar-refractivity contribution in [1.82, 2.24) is 18.0 Å². The third-order valence-corrected chi connectivity index (χ3v) is 2.32. The normalized spacial score (nSPS) is 9.93. The van der Waals surface area contributed by atoms with Crippen LogP contribution in [0.3, 0.4) is 0 Å². The first kappa shape index (κ1) is 10.0. The molecule has 6 nitrogen and oxygen atoms in total. The van der Waals surface area contributed by atoms with Crippen LogP contribution in [0.5, 0.6) is 0 Å². The number of hydrogen-bond donors (Lipinski definition) is 1. The molecule has 0 bridgehead atoms. The Morgan fingerprint density at radius 1 is 1.47 bits per heavy atom. The van der Waals surface area contributed by atoms with Gasteiger partial charge in [-0.2, -0.15) is 0 Å². The number of carbonyl (C=O) groups is 1. The van der Waals surface area contributed by atoms with Crippen molar-refractivity contribution in [3.05, 3.63) is 36.5 Å². The Bertz CT molecular complexity index is 469. The van der Waals surface area contributed by atoms with Crippen molar-refractivity contribution >= 4 is 34.6 Å². The van der Waals surface area contributed by atoms with E-state index in [0.717, 1.165) is 0 Å². The van der Waals surface area contributed by atoms with Crippen LogP contribution >= 0.6 is 22.9 Å². The van der Waals surface area contributed by atoms with Gasteiger partial charge in [0.25, 0.3) is 5.91 Å². The van der Waals surface area contributed by atoms with Gasteiger partial charge in [0.2, 0.25) is 5.82 Å². The minimum absolute atomic E-state index is 0.237. The van der Waals surface area contributed by atoms with Gasteiger partial charge in [-0.1, -0.05) is 6.07 Å². The molecule has 2 aromatic rings. The van der Waals surface area contributed by atoms with Gasteiger partial charge in [0.15, 0.2) is 0 Å². The molecule has 0 aromatic carbocycles. The molecule has 7 heteroatoms. The third-order valence-electron chi connectivity index (χ3n) is 1.62. The van der Waals surface area contributed by atoms with Gasteiger partial charge >= 0.3 is 0 Å². The van der Waals surface area contributed by atoms with Crippen LogP contribution in [0, 0.1) is 0 Å². The average Bonchev–Trinajstić information content (AvgIpc) is 2.66. The second-order valence-electron chi connectivity index (χ2n) is 2.63. The summed E-state index contributed by atoms with van der Waals surface area (Å²) in [5.41, 5.74) is 0. The van der Waals surface area contributed by atoms with E-state index in [2.05, 4.69) is 20.5 Å². The highest BCUT2D eigenvalue weighted by Crippen LogP contribution is 2.05. The molecular weight excluding hydrogens is 309 g/mol. The lowest BCUT2D eigenvalue weighted by Crippen LogP contribution is -2.16. The topological polar surface area (TPSA) is 72.7 Å². The highest BCUT2D eigenvalue weighted by atomic mass is 127. The van der Waals surface area contributed by atoms with E-state index in [1.54, 1.807) is 24.4 Å². The molecule has 0 aliphatic rings. The van der Waals surface area contributed by atoms with Crippen molar-refractivity contribution < 1.29 is 4.79 Å². The van der Waals surface area contributed by atoms with Gasteiger partial charge in [-0.3, -0.25) is 4.79 Å². The van der Waals surface area contributed by atoms with Gasteiger partial charge < -0.3 is 5.32 Å². The summed E-state index contributed by atoms with van der Waals surface area (Å²) in [7, 11) is 0. The Labute approximate surface area is 99.2 Å². The molecule has 1 amide bonds. The van der Waals surface area contributed by atoms with Crippen LogP contribution in [-0.4, -0.2) is 23.9 Å². The third kappa shape index (κ3) is 2.29. The number of halogens is 1. The van der Waals surface area contributed by atoms with Crippen LogP contribution in [0.25, 0.3) is 0 Å². The van der Waals surface area contributed by atoms with Crippen molar-refractivity contribution in [3.63, 3.8) is 0 Å². The molecule has 0 spiro atoms. The molecule has 0 aliphatic carbocycles. The number of hydrogen-bond acceptors (Lipinski definition) is 4. The van der Waals surface area contributed by atoms with Crippen LogP contribution in [0.1, 0.15) is 10.6 Å². The predicted molar refractivity (Wildman–Crippen MR) is 61.6 cm³/mol. The Kier molecular flexibility index (Phi) is 2.90. The van der Waals surface area contributed by atoms with Gasteiger partial charge in [-0.15, -0.1) is 10.2 Å². The molecule has 0 atom stereocenters. The number of carbonyl (C=O) groups excluding carboxylic acids is 1. The summed E-state index contributed by atoms with van der Waals surface area (Å²) >= 11 is 1.92. The molecule has 15 heavy (non-hydrogen) atoms. The minimum Gasteiger partial charge on any atom is -0.304 e. The zero-order valence-electron chi connectivity index (χ0n) is 7.46. The maximum Gasteiger partial charge on any atom is 0.295 e. The number of nitrogens with one attached hydrogen (secondary N) is 1. The first-order valence-corrected chi connectivity index (χ1v) is 5.02. The number of aromatic nitrogens is 4. The van der Waals surface area contributed by atoms with Crippen LogP contribution in [0.2, 0.25) is 0 Å². The van der Waals surface area contributed by atoms with Gasteiger partial charge in [-0.25, -0.2) is 7.76 Å². The lowest BCUT2D eigenvalue weighted by Gasteiger charge is -2.01. The summed E-state index contributed by atoms with van der Waals surface area (Å²) in [6, 6.07) is 5.26. The summed E-state index contributed by atoms with van der Waals surface area (Å²) < 4.78 is 1.51. The number of pyridine rings is 1. The van der Waals surface area contributed by atoms with Gasteiger partial charge in [0, 0.05) is 6.20 Å². The Morgan fingerprint density at radius 2 is 2.33 bits per heavy atom. The van der Waals surface area contributed by atoms with Crippen molar-refractivity contribution in [1.29, 1.82) is 0 Å². The van der Waals surface area contributed by atoms with E-state index in [0.29, 0.717) is 5.82 Å². The van der Waals surface area contributed by atoms with Gasteiger partial charge in [-0.05, 0) is 12.1 Å². The lowest BCUT2D eigenvalue weighted by molar-refractivity contribution is 0.101. The van der Waals surface area contributed by atoms with Crippen molar-refractivity contribution in [2.24, 2.45) is 0 Å². The van der Waals surface area contributed by atoms with Crippen LogP contribution in [0.4, 0.5) is 5.82 Å². The SMILES string of the molecule is O=C(Nc1ccccn1)c1nncn1I. The first-order valence-electron chi connectivity index (χ1n) is 4.06. The molecule has 1 N–H and O–H groups in total. The van der Waals surface area contributed by atoms with Crippen molar-refractivity contribution in [2.75, 3.05) is 5.32 Å². The summed E-state index contributed by atoms with van der Waals surface area (Å²) in [4.78, 5) is 15.6. The van der Waals surface area contributed by atoms with Crippen molar-refractivity contribution in [2.45, 2.75) is 0 Å². The minimum atomic E-state index is -0.333. The largest absolute Gasteiger partial charge is 0.304 e. The quantitative estimate of drug-likeness (QED) is 0.843.